The molecule has 1 atom stereocenters. The molecule has 2 aromatic carbocycles. The molecule has 2 aliphatic rings. The zero-order chi connectivity index (χ0) is 21.8. The number of rotatable bonds is 7. The van der Waals surface area contributed by atoms with Gasteiger partial charge in [0.1, 0.15) is 0 Å². The first-order valence-corrected chi connectivity index (χ1v) is 11.1. The zero-order valence-corrected chi connectivity index (χ0v) is 19.1. The van der Waals surface area contributed by atoms with E-state index in [0.29, 0.717) is 6.04 Å². The topological polar surface area (TPSA) is 43.4 Å². The maximum absolute atomic E-state index is 5.65. The number of para-hydroxylation sites is 1. The molecule has 0 saturated carbocycles. The quantitative estimate of drug-likeness (QED) is 0.672. The van der Waals surface area contributed by atoms with Crippen LogP contribution in [0.15, 0.2) is 30.3 Å². The minimum Gasteiger partial charge on any atom is -0.493 e. The normalized spacial score (nSPS) is 19.5. The predicted molar refractivity (Wildman–Crippen MR) is 122 cm³/mol. The molecule has 6 nitrogen and oxygen atoms in total. The fraction of sp³-hybridized carbons (Fsp3) is 0.520. The number of nitrogens with zero attached hydrogens (tertiary/aromatic N) is 2. The third-order valence-electron chi connectivity index (χ3n) is 6.62. The van der Waals surface area contributed by atoms with Gasteiger partial charge in [0.05, 0.1) is 28.4 Å². The van der Waals surface area contributed by atoms with Crippen molar-refractivity contribution in [2.24, 2.45) is 0 Å². The van der Waals surface area contributed by atoms with Gasteiger partial charge in [-0.15, -0.1) is 0 Å². The van der Waals surface area contributed by atoms with Gasteiger partial charge < -0.3 is 18.9 Å². The third kappa shape index (κ3) is 4.60. The highest BCUT2D eigenvalue weighted by atomic mass is 16.5. The van der Waals surface area contributed by atoms with Gasteiger partial charge in [-0.2, -0.15) is 0 Å². The Hall–Kier alpha value is -2.44. The van der Waals surface area contributed by atoms with Crippen LogP contribution in [0.5, 0.6) is 23.0 Å². The maximum Gasteiger partial charge on any atom is 0.165 e. The minimum absolute atomic E-state index is 0.562. The number of piperidine rings is 1. The molecule has 2 aromatic rings. The van der Waals surface area contributed by atoms with Crippen LogP contribution in [0.25, 0.3) is 0 Å². The number of hydrogen-bond acceptors (Lipinski definition) is 6. The maximum atomic E-state index is 5.65. The van der Waals surface area contributed by atoms with E-state index in [-0.39, 0.29) is 0 Å². The van der Waals surface area contributed by atoms with Crippen LogP contribution >= 0.6 is 0 Å². The van der Waals surface area contributed by atoms with Crippen LogP contribution in [0.4, 0.5) is 0 Å². The van der Waals surface area contributed by atoms with Gasteiger partial charge in [-0.05, 0) is 55.1 Å². The lowest BCUT2D eigenvalue weighted by atomic mass is 9.95. The van der Waals surface area contributed by atoms with E-state index < -0.39 is 0 Å². The van der Waals surface area contributed by atoms with Gasteiger partial charge >= 0.3 is 0 Å². The summed E-state index contributed by atoms with van der Waals surface area (Å²) in [7, 11) is 6.82. The molecule has 0 amide bonds. The standard InChI is InChI=1S/C25H34N2O4/c1-28-22-9-5-7-19(25(22)31-4)15-26-11-6-8-21(17-26)27-12-10-18-13-23(29-2)24(30-3)14-20(18)16-27/h5,7,9,13-14,21H,6,8,10-12,15-17H2,1-4H3. The molecule has 1 saturated heterocycles. The van der Waals surface area contributed by atoms with Gasteiger partial charge in [0.2, 0.25) is 0 Å². The lowest BCUT2D eigenvalue weighted by molar-refractivity contribution is 0.0832. The second-order valence-electron chi connectivity index (χ2n) is 8.38. The van der Waals surface area contributed by atoms with E-state index in [1.807, 2.05) is 12.1 Å². The van der Waals surface area contributed by atoms with E-state index in [1.54, 1.807) is 28.4 Å². The largest absolute Gasteiger partial charge is 0.493 e. The zero-order valence-electron chi connectivity index (χ0n) is 19.1. The van der Waals surface area contributed by atoms with E-state index in [1.165, 1.54) is 29.5 Å². The summed E-state index contributed by atoms with van der Waals surface area (Å²) in [6, 6.07) is 11.0. The average molecular weight is 427 g/mol. The van der Waals surface area contributed by atoms with Crippen molar-refractivity contribution in [3.05, 3.63) is 47.0 Å². The number of benzene rings is 2. The minimum atomic E-state index is 0.562. The van der Waals surface area contributed by atoms with Crippen LogP contribution in [-0.2, 0) is 19.5 Å². The molecule has 0 bridgehead atoms. The number of ether oxygens (including phenoxy) is 4. The van der Waals surface area contributed by atoms with Crippen LogP contribution in [0.3, 0.4) is 0 Å². The molecule has 0 aromatic heterocycles. The molecule has 31 heavy (non-hydrogen) atoms. The Morgan fingerprint density at radius 3 is 2.32 bits per heavy atom. The summed E-state index contributed by atoms with van der Waals surface area (Å²) in [4.78, 5) is 5.19. The van der Waals surface area contributed by atoms with Gasteiger partial charge in [0, 0.05) is 37.8 Å². The van der Waals surface area contributed by atoms with E-state index in [9.17, 15) is 0 Å². The lowest BCUT2D eigenvalue weighted by Gasteiger charge is -2.41. The molecule has 2 heterocycles. The second kappa shape index (κ2) is 9.79. The van der Waals surface area contributed by atoms with Crippen molar-refractivity contribution < 1.29 is 18.9 Å². The van der Waals surface area contributed by atoms with Gasteiger partial charge in [0.15, 0.2) is 23.0 Å². The monoisotopic (exact) mass is 426 g/mol. The average Bonchev–Trinajstić information content (AvgIpc) is 2.82. The Labute approximate surface area is 185 Å². The number of methoxy groups -OCH3 is 4. The van der Waals surface area contributed by atoms with Crippen LogP contribution in [0.1, 0.15) is 29.5 Å². The van der Waals surface area contributed by atoms with E-state index in [4.69, 9.17) is 18.9 Å². The van der Waals surface area contributed by atoms with Crippen molar-refractivity contribution >= 4 is 0 Å². The molecular weight excluding hydrogens is 392 g/mol. The second-order valence-corrected chi connectivity index (χ2v) is 8.38. The van der Waals surface area contributed by atoms with Crippen molar-refractivity contribution in [3.63, 3.8) is 0 Å². The molecule has 2 aliphatic heterocycles. The summed E-state index contributed by atoms with van der Waals surface area (Å²) in [6.07, 6.45) is 3.51. The van der Waals surface area contributed by atoms with E-state index >= 15 is 0 Å². The first kappa shape index (κ1) is 21.8. The lowest BCUT2D eigenvalue weighted by Crippen LogP contribution is -2.49. The summed E-state index contributed by atoms with van der Waals surface area (Å²) in [5, 5.41) is 0. The summed E-state index contributed by atoms with van der Waals surface area (Å²) >= 11 is 0. The molecule has 6 heteroatoms. The highest BCUT2D eigenvalue weighted by Gasteiger charge is 2.29. The Balaban J connectivity index is 1.45. The molecule has 0 aliphatic carbocycles. The van der Waals surface area contributed by atoms with Crippen LogP contribution in [-0.4, -0.2) is 63.9 Å². The molecule has 0 radical (unpaired) electrons. The molecule has 4 rings (SSSR count). The predicted octanol–water partition coefficient (Wildman–Crippen LogP) is 3.74. The van der Waals surface area contributed by atoms with Crippen molar-refractivity contribution in [1.29, 1.82) is 0 Å². The van der Waals surface area contributed by atoms with Crippen molar-refractivity contribution in [2.75, 3.05) is 48.1 Å². The highest BCUT2D eigenvalue weighted by molar-refractivity contribution is 5.48. The fourth-order valence-corrected chi connectivity index (χ4v) is 5.01. The molecule has 168 valence electrons. The Morgan fingerprint density at radius 2 is 1.61 bits per heavy atom. The number of likely N-dealkylation sites (tertiary alicyclic amines) is 1. The highest BCUT2D eigenvalue weighted by Crippen LogP contribution is 2.35. The summed E-state index contributed by atoms with van der Waals surface area (Å²) < 4.78 is 22.1. The first-order chi connectivity index (χ1) is 15.2. The smallest absolute Gasteiger partial charge is 0.165 e. The van der Waals surface area contributed by atoms with Crippen molar-refractivity contribution in [1.82, 2.24) is 9.80 Å². The van der Waals surface area contributed by atoms with E-state index in [0.717, 1.165) is 62.1 Å². The third-order valence-corrected chi connectivity index (χ3v) is 6.62. The number of fused-ring (bicyclic) bond motifs is 1. The molecule has 0 N–H and O–H groups in total. The van der Waals surface area contributed by atoms with Gasteiger partial charge in [-0.1, -0.05) is 12.1 Å². The first-order valence-electron chi connectivity index (χ1n) is 11.1. The molecule has 1 fully saturated rings. The summed E-state index contributed by atoms with van der Waals surface area (Å²) in [6.45, 7) is 5.13. The molecule has 0 spiro atoms. The van der Waals surface area contributed by atoms with Crippen molar-refractivity contribution in [2.45, 2.75) is 38.4 Å². The summed E-state index contributed by atoms with van der Waals surface area (Å²) in [5.41, 5.74) is 3.92. The van der Waals surface area contributed by atoms with Gasteiger partial charge in [-0.25, -0.2) is 0 Å². The Bertz CT molecular complexity index is 901. The van der Waals surface area contributed by atoms with Gasteiger partial charge in [0.25, 0.3) is 0 Å². The van der Waals surface area contributed by atoms with Crippen LogP contribution in [0, 0.1) is 0 Å². The number of hydrogen-bond donors (Lipinski definition) is 0. The van der Waals surface area contributed by atoms with E-state index in [2.05, 4.69) is 28.0 Å². The Kier molecular flexibility index (Phi) is 6.88. The summed E-state index contributed by atoms with van der Waals surface area (Å²) in [5.74, 6) is 3.29. The van der Waals surface area contributed by atoms with Crippen LogP contribution < -0.4 is 18.9 Å². The SMILES string of the molecule is COc1cc2c(cc1OC)CN(C1CCCN(Cc3cccc(OC)c3OC)C1)CC2. The van der Waals surface area contributed by atoms with Crippen molar-refractivity contribution in [3.8, 4) is 23.0 Å². The fourth-order valence-electron chi connectivity index (χ4n) is 5.01. The molecule has 1 unspecified atom stereocenters. The van der Waals surface area contributed by atoms with Crippen LogP contribution in [0.2, 0.25) is 0 Å². The Morgan fingerprint density at radius 1 is 0.871 bits per heavy atom. The van der Waals surface area contributed by atoms with Gasteiger partial charge in [-0.3, -0.25) is 9.80 Å². The molecular formula is C25H34N2O4.